The van der Waals surface area contributed by atoms with Crippen LogP contribution in [0, 0.1) is 0 Å². The van der Waals surface area contributed by atoms with Gasteiger partial charge in [0.2, 0.25) is 5.91 Å². The van der Waals surface area contributed by atoms with Crippen LogP contribution >= 0.6 is 0 Å². The minimum atomic E-state index is -0.173. The van der Waals surface area contributed by atoms with Crippen molar-refractivity contribution in [1.82, 2.24) is 24.2 Å². The molecule has 3 aromatic rings. The molecule has 128 valence electrons. The zero-order valence-electron chi connectivity index (χ0n) is 14.7. The summed E-state index contributed by atoms with van der Waals surface area (Å²) in [5.74, 6) is 1.76. The maximum absolute atomic E-state index is 12.5. The van der Waals surface area contributed by atoms with E-state index in [1.54, 1.807) is 0 Å². The van der Waals surface area contributed by atoms with Gasteiger partial charge in [0.05, 0.1) is 29.6 Å². The van der Waals surface area contributed by atoms with E-state index in [9.17, 15) is 4.79 Å². The Morgan fingerprint density at radius 2 is 2.00 bits per heavy atom. The average molecular weight is 335 g/mol. The highest BCUT2D eigenvalue weighted by Gasteiger charge is 2.38. The summed E-state index contributed by atoms with van der Waals surface area (Å²) in [4.78, 5) is 19.3. The molecule has 1 saturated carbocycles. The van der Waals surface area contributed by atoms with E-state index >= 15 is 0 Å². The monoisotopic (exact) mass is 335 g/mol. The molecule has 2 aromatic heterocycles. The quantitative estimate of drug-likeness (QED) is 0.723. The number of imidazole rings is 1. The molecule has 25 heavy (non-hydrogen) atoms. The van der Waals surface area contributed by atoms with Gasteiger partial charge in [-0.25, -0.2) is 4.98 Å². The molecular formula is C19H21N5O. The fourth-order valence-corrected chi connectivity index (χ4v) is 3.97. The first-order chi connectivity index (χ1) is 12.0. The van der Waals surface area contributed by atoms with Crippen LogP contribution in [0.15, 0.2) is 24.4 Å². The molecule has 0 radical (unpaired) electrons. The van der Waals surface area contributed by atoms with Gasteiger partial charge in [0.15, 0.2) is 0 Å². The van der Waals surface area contributed by atoms with Crippen molar-refractivity contribution in [3.63, 3.8) is 0 Å². The summed E-state index contributed by atoms with van der Waals surface area (Å²) in [7, 11) is 3.83. The number of fused-ring (bicyclic) bond motifs is 2. The Hall–Kier alpha value is -2.63. The Bertz CT molecular complexity index is 1010. The third-order valence-corrected chi connectivity index (χ3v) is 5.51. The van der Waals surface area contributed by atoms with Crippen LogP contribution in [0.4, 0.5) is 0 Å². The first-order valence-corrected chi connectivity index (χ1v) is 8.82. The number of carbonyl (C=O) groups excluding carboxylic acids is 1. The van der Waals surface area contributed by atoms with Gasteiger partial charge in [-0.05, 0) is 31.9 Å². The molecule has 1 amide bonds. The van der Waals surface area contributed by atoms with Crippen molar-refractivity contribution in [1.29, 1.82) is 0 Å². The van der Waals surface area contributed by atoms with Gasteiger partial charge in [-0.2, -0.15) is 5.10 Å². The Labute approximate surface area is 146 Å². The summed E-state index contributed by atoms with van der Waals surface area (Å²) >= 11 is 0. The Morgan fingerprint density at radius 1 is 1.20 bits per heavy atom. The second-order valence-electron chi connectivity index (χ2n) is 7.32. The van der Waals surface area contributed by atoms with Crippen LogP contribution in [0.2, 0.25) is 0 Å². The number of rotatable bonds is 2. The third-order valence-electron chi connectivity index (χ3n) is 5.51. The Kier molecular flexibility index (Phi) is 2.90. The summed E-state index contributed by atoms with van der Waals surface area (Å²) < 4.78 is 4.08. The summed E-state index contributed by atoms with van der Waals surface area (Å²) in [5, 5.41) is 5.45. The molecule has 1 aliphatic heterocycles. The molecule has 1 fully saturated rings. The van der Waals surface area contributed by atoms with Gasteiger partial charge in [-0.3, -0.25) is 9.48 Å². The summed E-state index contributed by atoms with van der Waals surface area (Å²) in [5.41, 5.74) is 4.38. The van der Waals surface area contributed by atoms with Crippen LogP contribution in [0.3, 0.4) is 0 Å². The van der Waals surface area contributed by atoms with Gasteiger partial charge in [0.1, 0.15) is 11.9 Å². The minimum absolute atomic E-state index is 0.168. The van der Waals surface area contributed by atoms with Crippen LogP contribution in [0.5, 0.6) is 0 Å². The van der Waals surface area contributed by atoms with Crippen LogP contribution in [0.25, 0.3) is 22.2 Å². The van der Waals surface area contributed by atoms with E-state index in [1.165, 1.54) is 12.8 Å². The molecule has 0 spiro atoms. The van der Waals surface area contributed by atoms with Gasteiger partial charge in [-0.1, -0.05) is 6.07 Å². The maximum Gasteiger partial charge on any atom is 0.245 e. The van der Waals surface area contributed by atoms with E-state index in [1.807, 2.05) is 36.8 Å². The van der Waals surface area contributed by atoms with Crippen molar-refractivity contribution < 1.29 is 4.79 Å². The molecule has 0 N–H and O–H groups in total. The topological polar surface area (TPSA) is 56.0 Å². The lowest BCUT2D eigenvalue weighted by Crippen LogP contribution is -2.39. The molecule has 3 heterocycles. The van der Waals surface area contributed by atoms with Gasteiger partial charge in [-0.15, -0.1) is 0 Å². The van der Waals surface area contributed by atoms with Crippen LogP contribution < -0.4 is 0 Å². The maximum atomic E-state index is 12.5. The molecular weight excluding hydrogens is 314 g/mol. The first kappa shape index (κ1) is 14.7. The normalized spacial score (nSPS) is 20.4. The number of carbonyl (C=O) groups is 1. The summed E-state index contributed by atoms with van der Waals surface area (Å²) in [6.45, 7) is 2.60. The molecule has 5 rings (SSSR count). The van der Waals surface area contributed by atoms with Gasteiger partial charge >= 0.3 is 0 Å². The minimum Gasteiger partial charge on any atom is -0.338 e. The number of nitrogens with zero attached hydrogens (tertiary/aromatic N) is 5. The van der Waals surface area contributed by atoms with E-state index < -0.39 is 0 Å². The van der Waals surface area contributed by atoms with Crippen LogP contribution in [0.1, 0.15) is 43.2 Å². The van der Waals surface area contributed by atoms with Crippen molar-refractivity contribution in [3.05, 3.63) is 35.9 Å². The lowest BCUT2D eigenvalue weighted by Gasteiger charge is -2.31. The van der Waals surface area contributed by atoms with E-state index in [2.05, 4.69) is 27.9 Å². The molecule has 1 atom stereocenters. The molecule has 2 aliphatic rings. The molecule has 0 bridgehead atoms. The highest BCUT2D eigenvalue weighted by Crippen LogP contribution is 2.44. The molecule has 1 aromatic carbocycles. The van der Waals surface area contributed by atoms with Crippen LogP contribution in [-0.4, -0.2) is 37.2 Å². The lowest BCUT2D eigenvalue weighted by molar-refractivity contribution is -0.135. The van der Waals surface area contributed by atoms with E-state index in [-0.39, 0.29) is 11.9 Å². The molecule has 1 unspecified atom stereocenters. The number of hydrogen-bond acceptors (Lipinski definition) is 3. The number of hydrogen-bond donors (Lipinski definition) is 0. The third kappa shape index (κ3) is 2.06. The van der Waals surface area contributed by atoms with E-state index in [0.717, 1.165) is 33.7 Å². The molecule has 6 heteroatoms. The largest absolute Gasteiger partial charge is 0.338 e. The van der Waals surface area contributed by atoms with Gasteiger partial charge in [0, 0.05) is 31.0 Å². The number of aromatic nitrogens is 4. The summed E-state index contributed by atoms with van der Waals surface area (Å²) in [6, 6.07) is 6.20. The predicted molar refractivity (Wildman–Crippen MR) is 95.1 cm³/mol. The van der Waals surface area contributed by atoms with Crippen molar-refractivity contribution in [3.8, 4) is 11.3 Å². The standard InChI is InChI=1S/C19H21N5O/c1-11-19(25)22(2)10-16-17(21-18(24(11)16)12-4-5-12)13-6-7-15-14(8-13)9-20-23(15)3/h6-9,11-12H,4-5,10H2,1-3H3. The second kappa shape index (κ2) is 4.94. The van der Waals surface area contributed by atoms with Crippen molar-refractivity contribution in [2.45, 2.75) is 38.3 Å². The number of benzene rings is 1. The molecule has 6 nitrogen and oxygen atoms in total. The summed E-state index contributed by atoms with van der Waals surface area (Å²) in [6.07, 6.45) is 4.24. The SMILES string of the molecule is CC1C(=O)N(C)Cc2c(-c3ccc4c(cnn4C)c3)nc(C3CC3)n21. The predicted octanol–water partition coefficient (Wildman–Crippen LogP) is 2.85. The van der Waals surface area contributed by atoms with Crippen LogP contribution in [-0.2, 0) is 18.4 Å². The second-order valence-corrected chi connectivity index (χ2v) is 7.32. The first-order valence-electron chi connectivity index (χ1n) is 8.82. The number of amides is 1. The number of aryl methyl sites for hydroxylation is 1. The van der Waals surface area contributed by atoms with E-state index in [4.69, 9.17) is 4.98 Å². The zero-order valence-corrected chi connectivity index (χ0v) is 14.7. The van der Waals surface area contributed by atoms with Crippen molar-refractivity contribution in [2.24, 2.45) is 7.05 Å². The van der Waals surface area contributed by atoms with Crippen molar-refractivity contribution >= 4 is 16.8 Å². The van der Waals surface area contributed by atoms with Gasteiger partial charge < -0.3 is 9.47 Å². The fourth-order valence-electron chi connectivity index (χ4n) is 3.97. The highest BCUT2D eigenvalue weighted by atomic mass is 16.2. The average Bonchev–Trinajstić information content (AvgIpc) is 3.29. The Balaban J connectivity index is 1.72. The molecule has 1 aliphatic carbocycles. The highest BCUT2D eigenvalue weighted by molar-refractivity contribution is 5.86. The van der Waals surface area contributed by atoms with E-state index in [0.29, 0.717) is 12.5 Å². The smallest absolute Gasteiger partial charge is 0.245 e. The van der Waals surface area contributed by atoms with Crippen molar-refractivity contribution in [2.75, 3.05) is 7.05 Å². The Morgan fingerprint density at radius 3 is 2.76 bits per heavy atom. The fraction of sp³-hybridized carbons (Fsp3) is 0.421. The number of likely N-dealkylation sites (N-methyl/N-ethyl adjacent to an activating group) is 1. The molecule has 0 saturated heterocycles. The zero-order chi connectivity index (χ0) is 17.3. The lowest BCUT2D eigenvalue weighted by atomic mass is 10.1. The van der Waals surface area contributed by atoms with Gasteiger partial charge in [0.25, 0.3) is 0 Å².